The number of rotatable bonds is 25. The van der Waals surface area contributed by atoms with Crippen LogP contribution in [-0.4, -0.2) is 122 Å². The number of allylic oxidation sites excluding steroid dienone is 1. The van der Waals surface area contributed by atoms with E-state index in [1.54, 1.807) is 69.7 Å². The number of carbonyl (C=O) groups is 4. The number of ketones is 1. The molecule has 22 nitrogen and oxygen atoms in total. The number of aromatic amines is 2. The number of benzene rings is 6. The van der Waals surface area contributed by atoms with Crippen molar-refractivity contribution in [1.29, 1.82) is 5.26 Å². The van der Waals surface area contributed by atoms with Gasteiger partial charge in [0.1, 0.15) is 63.3 Å². The van der Waals surface area contributed by atoms with Gasteiger partial charge in [0.05, 0.1) is 163 Å². The smallest absolute Gasteiger partial charge is 0.330 e. The van der Waals surface area contributed by atoms with Crippen LogP contribution in [0.15, 0.2) is 91.5 Å². The number of nitrogens with two attached hydrogens (primary N) is 1. The first-order chi connectivity index (χ1) is 48.8. The highest BCUT2D eigenvalue weighted by Gasteiger charge is 2.22. The Bertz CT molecular complexity index is 4260. The third kappa shape index (κ3) is 23.4. The molecule has 8 rings (SSSR count). The molecule has 2 aromatic heterocycles. The van der Waals surface area contributed by atoms with Crippen molar-refractivity contribution < 1.29 is 71.3 Å². The van der Waals surface area contributed by atoms with Crippen LogP contribution in [-0.2, 0) is 32.0 Å². The van der Waals surface area contributed by atoms with Crippen molar-refractivity contribution >= 4 is 176 Å². The van der Waals surface area contributed by atoms with E-state index < -0.39 is 5.97 Å². The van der Waals surface area contributed by atoms with E-state index in [4.69, 9.17) is 179 Å². The van der Waals surface area contributed by atoms with Crippen LogP contribution >= 0.6 is 116 Å². The zero-order valence-electron chi connectivity index (χ0n) is 56.3. The Morgan fingerprint density at radius 1 is 0.520 bits per heavy atom. The summed E-state index contributed by atoms with van der Waals surface area (Å²) < 4.78 is 56.1. The molecule has 0 radical (unpaired) electrons. The van der Waals surface area contributed by atoms with E-state index in [2.05, 4.69) is 32.3 Å². The highest BCUT2D eigenvalue weighted by molar-refractivity contribution is 6.42. The number of ether oxygens (including phenoxy) is 11. The third-order valence-electron chi connectivity index (χ3n) is 13.5. The standard InChI is InChI=1S/C22H21Cl2N3O3.C13H13Cl2N3O2.C13H11Cl2NO3.C13H14Cl2O4.C9H8Cl2O3/c1-4-20(28)25-16-8-6-5-7-14(16)17-11-13(26-27-17)9-10-15-21(23)18(29-2)12-19(30-3)22(15)24;1-19-9-6-10(20-2)13(15)8(12(9)14)4-3-7-5-11(16)18-17-7;1-18-10-7-11(19-2)13(15)9(12(10)14)4-3-8(17)5-6-16;1-4-19-11(16)6-5-8-12(14)9(17-2)7-10(18-3)13(8)15;1-13-6-3-7(14-2)9(11)5(4-12)8(6)10/h4-8,11-12H,1,9-10H2,2-3H3,(H,25,28)(H,26,27);3-6H,1-2H3,(H3,16,17,18);3-4,7H,5H2,1-2H3;5-7H,4H2,1-3H3;3-4H,1-2H3/b;2*4-3+;6-5+;. The maximum Gasteiger partial charge on any atom is 0.330 e. The fourth-order valence-electron chi connectivity index (χ4n) is 8.47. The minimum atomic E-state index is -0.476. The summed E-state index contributed by atoms with van der Waals surface area (Å²) in [4.78, 5) is 45.0. The number of para-hydroxylation sites is 1. The topological polar surface area (TPSA) is 289 Å². The van der Waals surface area contributed by atoms with Crippen molar-refractivity contribution in [3.05, 3.63) is 181 Å². The Hall–Kier alpha value is -8.83. The van der Waals surface area contributed by atoms with Crippen LogP contribution in [0.4, 0.5) is 11.5 Å². The molecular formula is C70H67Cl10N7O15. The number of nitriles is 1. The number of hydrogen-bond donors (Lipinski definition) is 4. The van der Waals surface area contributed by atoms with E-state index in [1.165, 1.54) is 93.3 Å². The highest BCUT2D eigenvalue weighted by atomic mass is 35.5. The van der Waals surface area contributed by atoms with Crippen molar-refractivity contribution in [1.82, 2.24) is 20.4 Å². The molecule has 2 heterocycles. The van der Waals surface area contributed by atoms with Gasteiger partial charge in [-0.3, -0.25) is 24.6 Å². The Morgan fingerprint density at radius 3 is 1.28 bits per heavy atom. The maximum absolute atomic E-state index is 11.7. The summed E-state index contributed by atoms with van der Waals surface area (Å²) in [5, 5.41) is 28.5. The molecule has 0 spiro atoms. The number of methoxy groups -OCH3 is 10. The Kier molecular flexibility index (Phi) is 36.2. The summed E-state index contributed by atoms with van der Waals surface area (Å²) >= 11 is 61.6. The van der Waals surface area contributed by atoms with Gasteiger partial charge in [-0.1, -0.05) is 141 Å². The molecule has 0 saturated heterocycles. The van der Waals surface area contributed by atoms with E-state index in [9.17, 15) is 19.2 Å². The maximum atomic E-state index is 11.7. The second-order valence-corrected chi connectivity index (χ2v) is 23.4. The lowest BCUT2D eigenvalue weighted by Gasteiger charge is -2.14. The molecule has 8 aromatic rings. The number of H-pyrrole nitrogens is 2. The highest BCUT2D eigenvalue weighted by Crippen LogP contribution is 2.46. The van der Waals surface area contributed by atoms with Crippen molar-refractivity contribution in [2.45, 2.75) is 26.2 Å². The van der Waals surface area contributed by atoms with Crippen LogP contribution in [0.5, 0.6) is 57.5 Å². The summed E-state index contributed by atoms with van der Waals surface area (Å²) in [5.74, 6) is 3.59. The van der Waals surface area contributed by atoms with Gasteiger partial charge in [-0.25, -0.2) is 4.79 Å². The van der Waals surface area contributed by atoms with Gasteiger partial charge in [0.15, 0.2) is 12.1 Å². The first-order valence-corrected chi connectivity index (χ1v) is 33.0. The zero-order chi connectivity index (χ0) is 75.9. The van der Waals surface area contributed by atoms with Crippen LogP contribution in [0.2, 0.25) is 50.2 Å². The number of nitrogens with zero attached hydrogens (tertiary/aromatic N) is 3. The summed E-state index contributed by atoms with van der Waals surface area (Å²) in [6.07, 6.45) is 11.7. The van der Waals surface area contributed by atoms with Crippen LogP contribution in [0.1, 0.15) is 57.3 Å². The fraction of sp³-hybridized carbons (Fsp3) is 0.214. The Morgan fingerprint density at radius 2 is 0.912 bits per heavy atom. The number of nitrogen functional groups attached to an aromatic ring is 1. The number of aromatic nitrogens is 4. The van der Waals surface area contributed by atoms with Crippen LogP contribution in [0, 0.1) is 11.3 Å². The normalized spacial score (nSPS) is 10.5. The molecule has 1 amide bonds. The molecule has 0 saturated carbocycles. The fourth-order valence-corrected chi connectivity index (χ4v) is 11.6. The molecule has 0 atom stereocenters. The molecule has 542 valence electrons. The van der Waals surface area contributed by atoms with Gasteiger partial charge in [0, 0.05) is 70.4 Å². The molecule has 0 aliphatic heterocycles. The molecule has 0 fully saturated rings. The van der Waals surface area contributed by atoms with E-state index in [0.29, 0.717) is 147 Å². The summed E-state index contributed by atoms with van der Waals surface area (Å²) in [5.41, 5.74) is 11.7. The van der Waals surface area contributed by atoms with E-state index >= 15 is 0 Å². The average molecular weight is 1600 g/mol. The lowest BCUT2D eigenvalue weighted by Crippen LogP contribution is -2.08. The molecule has 0 unspecified atom stereocenters. The number of halogens is 10. The molecule has 102 heavy (non-hydrogen) atoms. The van der Waals surface area contributed by atoms with Crippen molar-refractivity contribution in [2.75, 3.05) is 88.8 Å². The number of hydrogen-bond acceptors (Lipinski definition) is 19. The molecule has 0 bridgehead atoms. The largest absolute Gasteiger partial charge is 0.495 e. The predicted octanol–water partition coefficient (Wildman–Crippen LogP) is 18.7. The summed E-state index contributed by atoms with van der Waals surface area (Å²) in [6.45, 7) is 5.50. The number of anilines is 2. The zero-order valence-corrected chi connectivity index (χ0v) is 63.9. The van der Waals surface area contributed by atoms with E-state index in [1.807, 2.05) is 30.3 Å². The molecule has 5 N–H and O–H groups in total. The van der Waals surface area contributed by atoms with Gasteiger partial charge < -0.3 is 63.2 Å². The Balaban J connectivity index is 0.000000277. The van der Waals surface area contributed by atoms with E-state index in [0.717, 1.165) is 22.5 Å². The molecular weight excluding hydrogens is 1530 g/mol. The molecule has 0 aliphatic rings. The van der Waals surface area contributed by atoms with Gasteiger partial charge >= 0.3 is 5.97 Å². The van der Waals surface area contributed by atoms with Crippen LogP contribution in [0.25, 0.3) is 35.6 Å². The van der Waals surface area contributed by atoms with Gasteiger partial charge in [-0.05, 0) is 73.9 Å². The SMILES string of the molecule is C=CC(=O)Nc1ccccc1-c1cc(CCc2c(Cl)c(OC)cc(OC)c2Cl)[nH]n1.CCOC(=O)/C=C/c1c(Cl)c(OC)cc(OC)c1Cl.COc1cc(OC)c(Cl)c(/C=C/C(=O)CC#N)c1Cl.COc1cc(OC)c(Cl)c(/C=C/c2cc(N)n[nH]2)c1Cl.COc1cc(OC)c(Cl)c(C=O)c1Cl. The minimum Gasteiger partial charge on any atom is -0.495 e. The number of aryl methyl sites for hydroxylation is 1. The van der Waals surface area contributed by atoms with Crippen molar-refractivity contribution in [3.63, 3.8) is 0 Å². The monoisotopic (exact) mass is 1600 g/mol. The second-order valence-electron chi connectivity index (χ2n) is 19.6. The quantitative estimate of drug-likeness (QED) is 0.0235. The summed E-state index contributed by atoms with van der Waals surface area (Å²) in [7, 11) is 14.9. The number of carbonyl (C=O) groups excluding carboxylic acids is 4. The minimum absolute atomic E-state index is 0.171. The lowest BCUT2D eigenvalue weighted by atomic mass is 10.1. The lowest BCUT2D eigenvalue weighted by molar-refractivity contribution is -0.137. The third-order valence-corrected chi connectivity index (χ3v) is 17.5. The van der Waals surface area contributed by atoms with Gasteiger partial charge in [-0.2, -0.15) is 15.5 Å². The van der Waals surface area contributed by atoms with Crippen LogP contribution in [0.3, 0.4) is 0 Å². The first kappa shape index (κ1) is 85.6. The van der Waals surface area contributed by atoms with E-state index in [-0.39, 0.29) is 43.8 Å². The van der Waals surface area contributed by atoms with Gasteiger partial charge in [-0.15, -0.1) is 0 Å². The van der Waals surface area contributed by atoms with Gasteiger partial charge in [0.2, 0.25) is 5.91 Å². The number of esters is 1. The number of amides is 1. The average Bonchev–Trinajstić information content (AvgIpc) is 0.892. The summed E-state index contributed by atoms with van der Waals surface area (Å²) in [6, 6.07) is 20.8. The second kappa shape index (κ2) is 43.2. The van der Waals surface area contributed by atoms with Crippen molar-refractivity contribution in [2.24, 2.45) is 0 Å². The number of aldehydes is 1. The van der Waals surface area contributed by atoms with Gasteiger partial charge in [0.25, 0.3) is 0 Å². The van der Waals surface area contributed by atoms with Crippen LogP contribution < -0.4 is 58.4 Å². The number of nitrogens with one attached hydrogen (secondary N) is 3. The first-order valence-electron chi connectivity index (χ1n) is 29.2. The molecule has 0 aliphatic carbocycles. The Labute approximate surface area is 638 Å². The van der Waals surface area contributed by atoms with Crippen molar-refractivity contribution in [3.8, 4) is 74.8 Å². The molecule has 32 heteroatoms. The molecule has 6 aromatic carbocycles. The predicted molar refractivity (Wildman–Crippen MR) is 405 cm³/mol.